The second-order valence-corrected chi connectivity index (χ2v) is 9.19. The van der Waals surface area contributed by atoms with Gasteiger partial charge in [-0.3, -0.25) is 0 Å². The summed E-state index contributed by atoms with van der Waals surface area (Å²) in [5.41, 5.74) is 1.53. The first-order valence-corrected chi connectivity index (χ1v) is 12.4. The summed E-state index contributed by atoms with van der Waals surface area (Å²) in [7, 11) is 1.58. The number of hydrogen-bond acceptors (Lipinski definition) is 8. The number of nitrogens with two attached hydrogens (primary N) is 1. The van der Waals surface area contributed by atoms with Crippen LogP contribution in [0.1, 0.15) is 62.4 Å². The second-order valence-electron chi connectivity index (χ2n) is 8.25. The molecule has 1 atom stereocenters. The van der Waals surface area contributed by atoms with Gasteiger partial charge in [0.25, 0.3) is 0 Å². The van der Waals surface area contributed by atoms with E-state index < -0.39 is 18.0 Å². The minimum Gasteiger partial charge on any atom is -0.497 e. The Morgan fingerprint density at radius 2 is 1.94 bits per heavy atom. The van der Waals surface area contributed by atoms with Gasteiger partial charge in [0.15, 0.2) is 5.82 Å². The summed E-state index contributed by atoms with van der Waals surface area (Å²) >= 11 is 1.32. The minimum atomic E-state index is -0.664. The lowest BCUT2D eigenvalue weighted by molar-refractivity contribution is -0.139. The number of benzene rings is 1. The highest BCUT2D eigenvalue weighted by atomic mass is 32.2. The van der Waals surface area contributed by atoms with Gasteiger partial charge in [0.2, 0.25) is 5.16 Å². The predicted molar refractivity (Wildman–Crippen MR) is 128 cm³/mol. The number of nitrogen functional groups attached to an aromatic ring is 1. The quantitative estimate of drug-likeness (QED) is 0.295. The number of hydrogen-bond donors (Lipinski definition) is 3. The molecule has 10 nitrogen and oxygen atoms in total. The molecule has 2 aromatic rings. The Morgan fingerprint density at radius 3 is 2.62 bits per heavy atom. The highest BCUT2D eigenvalue weighted by molar-refractivity contribution is 7.99. The summed E-state index contributed by atoms with van der Waals surface area (Å²) in [5, 5.41) is 14.7. The lowest BCUT2D eigenvalue weighted by atomic mass is 9.89. The predicted octanol–water partition coefficient (Wildman–Crippen LogP) is 3.01. The summed E-state index contributed by atoms with van der Waals surface area (Å²) in [6, 6.07) is 6.12. The number of methoxy groups -OCH3 is 1. The largest absolute Gasteiger partial charge is 0.497 e. The van der Waals surface area contributed by atoms with Crippen molar-refractivity contribution in [1.82, 2.24) is 25.5 Å². The first kappa shape index (κ1) is 23.9. The molecule has 1 aliphatic heterocycles. The molecule has 4 rings (SSSR count). The van der Waals surface area contributed by atoms with Crippen LogP contribution in [-0.2, 0) is 9.53 Å². The highest BCUT2D eigenvalue weighted by Crippen LogP contribution is 2.34. The van der Waals surface area contributed by atoms with E-state index in [9.17, 15) is 9.59 Å². The zero-order chi connectivity index (χ0) is 24.1. The molecule has 4 N–H and O–H groups in total. The van der Waals surface area contributed by atoms with Crippen LogP contribution in [0.5, 0.6) is 5.75 Å². The molecule has 0 bridgehead atoms. The van der Waals surface area contributed by atoms with Crippen LogP contribution in [-0.4, -0.2) is 46.3 Å². The number of rotatable bonds is 8. The summed E-state index contributed by atoms with van der Waals surface area (Å²) in [4.78, 5) is 25.4. The van der Waals surface area contributed by atoms with Crippen LogP contribution < -0.4 is 21.2 Å². The van der Waals surface area contributed by atoms with Crippen molar-refractivity contribution in [1.29, 1.82) is 0 Å². The standard InChI is InChI=1S/C23H30N6O4S/c1-3-33-21(30)18-17(25-22(31)26-19(18)14-9-11-16(32-2)12-10-14)13-34-23-28-27-20(29(23)24)15-7-5-4-6-8-15/h9-12,15,19H,3-8,13,24H2,1-2H3,(H2,25,26,31). The van der Waals surface area contributed by atoms with Crippen LogP contribution in [0.25, 0.3) is 0 Å². The highest BCUT2D eigenvalue weighted by Gasteiger charge is 2.34. The molecular formula is C23H30N6O4S. The average molecular weight is 487 g/mol. The molecule has 1 aliphatic carbocycles. The number of urea groups is 1. The first-order valence-electron chi connectivity index (χ1n) is 11.5. The maximum Gasteiger partial charge on any atom is 0.338 e. The molecular weight excluding hydrogens is 456 g/mol. The van der Waals surface area contributed by atoms with Gasteiger partial charge in [-0.25, -0.2) is 14.3 Å². The molecule has 11 heteroatoms. The lowest BCUT2D eigenvalue weighted by Gasteiger charge is -2.29. The van der Waals surface area contributed by atoms with Crippen molar-refractivity contribution in [3.63, 3.8) is 0 Å². The zero-order valence-corrected chi connectivity index (χ0v) is 20.2. The molecule has 1 unspecified atom stereocenters. The van der Waals surface area contributed by atoms with E-state index in [1.807, 2.05) is 12.1 Å². The van der Waals surface area contributed by atoms with Crippen molar-refractivity contribution in [2.75, 3.05) is 25.3 Å². The molecule has 2 heterocycles. The van der Waals surface area contributed by atoms with Crippen LogP contribution in [0.15, 0.2) is 40.7 Å². The fourth-order valence-electron chi connectivity index (χ4n) is 4.39. The molecule has 1 saturated carbocycles. The van der Waals surface area contributed by atoms with Crippen LogP contribution in [0.3, 0.4) is 0 Å². The van der Waals surface area contributed by atoms with E-state index in [1.54, 1.807) is 26.2 Å². The normalized spacial score (nSPS) is 18.9. The Labute approximate surface area is 202 Å². The molecule has 0 saturated heterocycles. The molecule has 0 spiro atoms. The fraction of sp³-hybridized carbons (Fsp3) is 0.478. The Morgan fingerprint density at radius 1 is 1.21 bits per heavy atom. The average Bonchev–Trinajstić information content (AvgIpc) is 3.23. The topological polar surface area (TPSA) is 133 Å². The van der Waals surface area contributed by atoms with Gasteiger partial charge in [-0.1, -0.05) is 43.2 Å². The first-order chi connectivity index (χ1) is 16.5. The third-order valence-electron chi connectivity index (χ3n) is 6.10. The molecule has 2 aliphatic rings. The molecule has 1 aromatic carbocycles. The van der Waals surface area contributed by atoms with Crippen LogP contribution in [0.4, 0.5) is 4.79 Å². The summed E-state index contributed by atoms with van der Waals surface area (Å²) in [5.74, 6) is 7.87. The SMILES string of the molecule is CCOC(=O)C1=C(CSc2nnc(C3CCCCC3)n2N)NC(=O)NC1c1ccc(OC)cc1. The number of amides is 2. The van der Waals surface area contributed by atoms with Gasteiger partial charge < -0.3 is 25.9 Å². The van der Waals surface area contributed by atoms with Crippen molar-refractivity contribution in [2.45, 2.75) is 56.1 Å². The number of nitrogens with zero attached hydrogens (tertiary/aromatic N) is 3. The summed E-state index contributed by atoms with van der Waals surface area (Å²) in [6.45, 7) is 1.96. The van der Waals surface area contributed by atoms with Crippen molar-refractivity contribution in [3.05, 3.63) is 46.9 Å². The number of thioether (sulfide) groups is 1. The van der Waals surface area contributed by atoms with Gasteiger partial charge >= 0.3 is 12.0 Å². The van der Waals surface area contributed by atoms with Gasteiger partial charge in [0, 0.05) is 17.4 Å². The minimum absolute atomic E-state index is 0.216. The molecule has 0 radical (unpaired) electrons. The number of aromatic nitrogens is 3. The fourth-order valence-corrected chi connectivity index (χ4v) is 5.22. The van der Waals surface area contributed by atoms with E-state index in [4.69, 9.17) is 15.3 Å². The van der Waals surface area contributed by atoms with Crippen molar-refractivity contribution < 1.29 is 19.1 Å². The smallest absolute Gasteiger partial charge is 0.338 e. The number of esters is 1. The van der Waals surface area contributed by atoms with E-state index >= 15 is 0 Å². The van der Waals surface area contributed by atoms with Crippen LogP contribution in [0.2, 0.25) is 0 Å². The lowest BCUT2D eigenvalue weighted by Crippen LogP contribution is -2.46. The van der Waals surface area contributed by atoms with Gasteiger partial charge in [-0.05, 0) is 37.5 Å². The number of ether oxygens (including phenoxy) is 2. The molecule has 1 aromatic heterocycles. The Balaban J connectivity index is 1.60. The zero-order valence-electron chi connectivity index (χ0n) is 19.4. The van der Waals surface area contributed by atoms with Gasteiger partial charge in [-0.2, -0.15) is 0 Å². The third kappa shape index (κ3) is 5.14. The van der Waals surface area contributed by atoms with E-state index in [1.165, 1.54) is 35.7 Å². The Hall–Kier alpha value is -3.21. The van der Waals surface area contributed by atoms with Gasteiger partial charge in [0.05, 0.1) is 25.3 Å². The second kappa shape index (κ2) is 10.8. The van der Waals surface area contributed by atoms with Crippen molar-refractivity contribution in [3.8, 4) is 5.75 Å². The van der Waals surface area contributed by atoms with Crippen LogP contribution in [0, 0.1) is 0 Å². The summed E-state index contributed by atoms with van der Waals surface area (Å²) in [6.07, 6.45) is 5.70. The number of carbonyl (C=O) groups excluding carboxylic acids is 2. The van der Waals surface area contributed by atoms with E-state index in [2.05, 4.69) is 20.8 Å². The van der Waals surface area contributed by atoms with Crippen LogP contribution >= 0.6 is 11.8 Å². The molecule has 2 amide bonds. The third-order valence-corrected chi connectivity index (χ3v) is 7.07. The molecule has 34 heavy (non-hydrogen) atoms. The monoisotopic (exact) mass is 486 g/mol. The van der Waals surface area contributed by atoms with E-state index in [0.717, 1.165) is 24.2 Å². The van der Waals surface area contributed by atoms with Crippen molar-refractivity contribution >= 4 is 23.8 Å². The van der Waals surface area contributed by atoms with Crippen molar-refractivity contribution in [2.24, 2.45) is 0 Å². The molecule has 1 fully saturated rings. The molecule has 182 valence electrons. The van der Waals surface area contributed by atoms with E-state index in [-0.39, 0.29) is 12.4 Å². The Kier molecular flexibility index (Phi) is 7.61. The van der Waals surface area contributed by atoms with Gasteiger partial charge in [0.1, 0.15) is 5.75 Å². The summed E-state index contributed by atoms with van der Waals surface area (Å²) < 4.78 is 12.1. The Bertz CT molecular complexity index is 1060. The van der Waals surface area contributed by atoms with Gasteiger partial charge in [-0.15, -0.1) is 10.2 Å². The van der Waals surface area contributed by atoms with E-state index in [0.29, 0.717) is 28.1 Å². The number of nitrogens with one attached hydrogen (secondary N) is 2. The maximum absolute atomic E-state index is 12.9. The maximum atomic E-state index is 12.9. The number of carbonyl (C=O) groups is 2.